The molecule has 0 saturated heterocycles. The Morgan fingerprint density at radius 2 is 2.00 bits per heavy atom. The molecule has 8 nitrogen and oxygen atoms in total. The lowest BCUT2D eigenvalue weighted by atomic mass is 10.1. The molecular weight excluding hydrogens is 396 g/mol. The first-order valence-electron chi connectivity index (χ1n) is 8.53. The normalized spacial score (nSPS) is 11.8. The highest BCUT2D eigenvalue weighted by Crippen LogP contribution is 2.20. The van der Waals surface area contributed by atoms with Crippen LogP contribution in [0, 0.1) is 6.92 Å². The minimum atomic E-state index is -0.329. The summed E-state index contributed by atoms with van der Waals surface area (Å²) in [5.74, 6) is 0.469. The maximum Gasteiger partial charge on any atom is 0.251 e. The molecule has 10 heteroatoms. The molecule has 0 saturated carbocycles. The molecule has 0 aliphatic rings. The molecule has 0 spiro atoms. The van der Waals surface area contributed by atoms with Gasteiger partial charge in [-0.1, -0.05) is 29.5 Å². The van der Waals surface area contributed by atoms with E-state index in [1.165, 1.54) is 23.1 Å². The molecule has 3 rings (SSSR count). The average molecular weight is 417 g/mol. The van der Waals surface area contributed by atoms with Gasteiger partial charge in [0.1, 0.15) is 0 Å². The number of nitrogens with zero attached hydrogens (tertiary/aromatic N) is 4. The van der Waals surface area contributed by atoms with Gasteiger partial charge in [0, 0.05) is 24.2 Å². The Balaban J connectivity index is 1.57. The molecule has 0 fully saturated rings. The zero-order valence-corrected chi connectivity index (χ0v) is 17.3. The van der Waals surface area contributed by atoms with E-state index in [4.69, 9.17) is 0 Å². The van der Waals surface area contributed by atoms with E-state index in [0.717, 1.165) is 5.56 Å². The van der Waals surface area contributed by atoms with Gasteiger partial charge in [0.15, 0.2) is 16.1 Å². The highest BCUT2D eigenvalue weighted by atomic mass is 32.2. The molecule has 2 N–H and O–H groups in total. The van der Waals surface area contributed by atoms with Crippen molar-refractivity contribution in [1.82, 2.24) is 25.1 Å². The van der Waals surface area contributed by atoms with Crippen molar-refractivity contribution in [3.63, 3.8) is 0 Å². The Hall–Kier alpha value is -2.72. The van der Waals surface area contributed by atoms with Gasteiger partial charge in [-0.05, 0) is 26.0 Å². The summed E-state index contributed by atoms with van der Waals surface area (Å²) >= 11 is 2.64. The fraction of sp³-hybridized carbons (Fsp3) is 0.278. The molecule has 0 radical (unpaired) electrons. The lowest BCUT2D eigenvalue weighted by Gasteiger charge is -2.13. The molecular formula is C18H20N6O2S2. The summed E-state index contributed by atoms with van der Waals surface area (Å²) in [6.45, 7) is 3.82. The van der Waals surface area contributed by atoms with Gasteiger partial charge < -0.3 is 15.2 Å². The van der Waals surface area contributed by atoms with Crippen molar-refractivity contribution in [2.45, 2.75) is 25.0 Å². The number of aryl methyl sites for hydroxylation is 1. The van der Waals surface area contributed by atoms with E-state index in [0.29, 0.717) is 21.7 Å². The van der Waals surface area contributed by atoms with E-state index in [1.54, 1.807) is 28.3 Å². The van der Waals surface area contributed by atoms with Crippen LogP contribution in [0.3, 0.4) is 0 Å². The number of rotatable bonds is 7. The van der Waals surface area contributed by atoms with Crippen LogP contribution in [0.25, 0.3) is 0 Å². The first-order chi connectivity index (χ1) is 13.4. The number of thioether (sulfide) groups is 1. The van der Waals surface area contributed by atoms with Crippen LogP contribution in [0.2, 0.25) is 0 Å². The molecule has 2 amide bonds. The van der Waals surface area contributed by atoms with Crippen LogP contribution in [0.5, 0.6) is 0 Å². The number of thiazole rings is 1. The fourth-order valence-electron chi connectivity index (χ4n) is 2.45. The number of hydrogen-bond acceptors (Lipinski definition) is 7. The van der Waals surface area contributed by atoms with Crippen LogP contribution in [0.1, 0.15) is 34.7 Å². The van der Waals surface area contributed by atoms with Crippen LogP contribution in [0.15, 0.2) is 41.0 Å². The largest absolute Gasteiger partial charge is 0.342 e. The number of hydrogen-bond donors (Lipinski definition) is 2. The van der Waals surface area contributed by atoms with Crippen LogP contribution < -0.4 is 10.6 Å². The Morgan fingerprint density at radius 3 is 2.68 bits per heavy atom. The van der Waals surface area contributed by atoms with Crippen LogP contribution in [0.4, 0.5) is 5.13 Å². The molecule has 0 aliphatic heterocycles. The summed E-state index contributed by atoms with van der Waals surface area (Å²) in [7, 11) is 1.81. The molecule has 2 aromatic heterocycles. The van der Waals surface area contributed by atoms with Crippen LogP contribution in [-0.4, -0.2) is 37.3 Å². The summed E-state index contributed by atoms with van der Waals surface area (Å²) in [6, 6.07) is 7.04. The van der Waals surface area contributed by atoms with E-state index in [9.17, 15) is 9.59 Å². The van der Waals surface area contributed by atoms with Crippen LogP contribution >= 0.6 is 23.1 Å². The second-order valence-corrected chi connectivity index (χ2v) is 7.97. The topological polar surface area (TPSA) is 102 Å². The molecule has 1 aromatic carbocycles. The summed E-state index contributed by atoms with van der Waals surface area (Å²) in [5.41, 5.74) is 1.69. The first-order valence-corrected chi connectivity index (χ1v) is 10.4. The third-order valence-electron chi connectivity index (χ3n) is 3.93. The zero-order chi connectivity index (χ0) is 20.1. The standard InChI is InChI=1S/C18H20N6O2S2/c1-11-4-6-13(7-5-11)16(26)20-12(2)15-22-23-18(24(15)3)28-10-14(25)21-17-19-8-9-27-17/h4-9,12H,10H2,1-3H3,(H,20,26)(H,19,21,25)/t12-/m0/s1. The Bertz CT molecular complexity index is 953. The zero-order valence-electron chi connectivity index (χ0n) is 15.7. The summed E-state index contributed by atoms with van der Waals surface area (Å²) < 4.78 is 1.78. The van der Waals surface area contributed by atoms with Gasteiger partial charge in [0.25, 0.3) is 5.91 Å². The third kappa shape index (κ3) is 4.96. The number of aromatic nitrogens is 4. The van der Waals surface area contributed by atoms with Gasteiger partial charge in [-0.2, -0.15) is 0 Å². The summed E-state index contributed by atoms with van der Waals surface area (Å²) in [5, 5.41) is 16.9. The second kappa shape index (κ2) is 8.98. The Labute approximate surface area is 170 Å². The quantitative estimate of drug-likeness (QED) is 0.574. The minimum Gasteiger partial charge on any atom is -0.342 e. The fourth-order valence-corrected chi connectivity index (χ4v) is 3.71. The summed E-state index contributed by atoms with van der Waals surface area (Å²) in [6.07, 6.45) is 1.63. The van der Waals surface area contributed by atoms with E-state index >= 15 is 0 Å². The third-order valence-corrected chi connectivity index (χ3v) is 5.64. The van der Waals surface area contributed by atoms with Crippen molar-refractivity contribution in [1.29, 1.82) is 0 Å². The molecule has 146 valence electrons. The van der Waals surface area contributed by atoms with Crippen molar-refractivity contribution in [3.8, 4) is 0 Å². The predicted molar refractivity (Wildman–Crippen MR) is 110 cm³/mol. The SMILES string of the molecule is Cc1ccc(C(=O)N[C@@H](C)c2nnc(SCC(=O)Nc3nccs3)n2C)cc1. The van der Waals surface area contributed by atoms with Gasteiger partial charge in [0.05, 0.1) is 11.8 Å². The number of benzene rings is 1. The Morgan fingerprint density at radius 1 is 1.25 bits per heavy atom. The molecule has 3 aromatic rings. The first kappa shape index (κ1) is 20.0. The average Bonchev–Trinajstić information content (AvgIpc) is 3.30. The van der Waals surface area contributed by atoms with Gasteiger partial charge in [-0.15, -0.1) is 21.5 Å². The van der Waals surface area contributed by atoms with E-state index < -0.39 is 0 Å². The highest BCUT2D eigenvalue weighted by Gasteiger charge is 2.19. The van der Waals surface area contributed by atoms with Crippen molar-refractivity contribution < 1.29 is 9.59 Å². The second-order valence-electron chi connectivity index (χ2n) is 6.14. The predicted octanol–water partition coefficient (Wildman–Crippen LogP) is 2.80. The van der Waals surface area contributed by atoms with Gasteiger partial charge in [-0.3, -0.25) is 9.59 Å². The number of anilines is 1. The van der Waals surface area contributed by atoms with Crippen molar-refractivity contribution in [2.75, 3.05) is 11.1 Å². The maximum absolute atomic E-state index is 12.4. The number of carbonyl (C=O) groups is 2. The Kier molecular flexibility index (Phi) is 6.42. The van der Waals surface area contributed by atoms with Crippen molar-refractivity contribution in [2.24, 2.45) is 7.05 Å². The van der Waals surface area contributed by atoms with Crippen molar-refractivity contribution >= 4 is 40.0 Å². The smallest absolute Gasteiger partial charge is 0.251 e. The molecule has 0 aliphatic carbocycles. The minimum absolute atomic E-state index is 0.162. The molecule has 0 unspecified atom stereocenters. The van der Waals surface area contributed by atoms with E-state index in [2.05, 4.69) is 25.8 Å². The highest BCUT2D eigenvalue weighted by molar-refractivity contribution is 7.99. The summed E-state index contributed by atoms with van der Waals surface area (Å²) in [4.78, 5) is 28.4. The van der Waals surface area contributed by atoms with E-state index in [-0.39, 0.29) is 23.6 Å². The number of carbonyl (C=O) groups excluding carboxylic acids is 2. The molecule has 2 heterocycles. The maximum atomic E-state index is 12.4. The number of amides is 2. The van der Waals surface area contributed by atoms with Crippen molar-refractivity contribution in [3.05, 3.63) is 52.8 Å². The van der Waals surface area contributed by atoms with Gasteiger partial charge in [0.2, 0.25) is 5.91 Å². The molecule has 1 atom stereocenters. The monoisotopic (exact) mass is 416 g/mol. The van der Waals surface area contributed by atoms with E-state index in [1.807, 2.05) is 33.0 Å². The molecule has 28 heavy (non-hydrogen) atoms. The van der Waals surface area contributed by atoms with Gasteiger partial charge >= 0.3 is 0 Å². The van der Waals surface area contributed by atoms with Crippen LogP contribution in [-0.2, 0) is 11.8 Å². The molecule has 0 bridgehead atoms. The number of nitrogens with one attached hydrogen (secondary N) is 2. The lowest BCUT2D eigenvalue weighted by Crippen LogP contribution is -2.28. The van der Waals surface area contributed by atoms with Gasteiger partial charge in [-0.25, -0.2) is 4.98 Å². The lowest BCUT2D eigenvalue weighted by molar-refractivity contribution is -0.113.